The van der Waals surface area contributed by atoms with Crippen molar-refractivity contribution in [1.82, 2.24) is 0 Å². The maximum absolute atomic E-state index is 2.41. The second-order valence-electron chi connectivity index (χ2n) is 6.04. The van der Waals surface area contributed by atoms with E-state index in [4.69, 9.17) is 0 Å². The summed E-state index contributed by atoms with van der Waals surface area (Å²) in [7, 11) is 1.43. The quantitative estimate of drug-likeness (QED) is 0.429. The van der Waals surface area contributed by atoms with Gasteiger partial charge >= 0.3 is 0 Å². The van der Waals surface area contributed by atoms with E-state index < -0.39 is 0 Å². The molecular weight excluding hydrogens is 259 g/mol. The molecule has 1 heterocycles. The molecule has 0 saturated heterocycles. The van der Waals surface area contributed by atoms with E-state index in [0.29, 0.717) is 0 Å². The summed E-state index contributed by atoms with van der Waals surface area (Å²) in [6, 6.07) is 8.86. The second-order valence-corrected chi connectivity index (χ2v) is 7.04. The van der Waals surface area contributed by atoms with Crippen molar-refractivity contribution < 1.29 is 0 Å². The van der Waals surface area contributed by atoms with E-state index in [9.17, 15) is 0 Å². The summed E-state index contributed by atoms with van der Waals surface area (Å²) in [5.41, 5.74) is 0. The summed E-state index contributed by atoms with van der Waals surface area (Å²) in [4.78, 5) is 0. The van der Waals surface area contributed by atoms with E-state index in [2.05, 4.69) is 43.9 Å². The van der Waals surface area contributed by atoms with Crippen LogP contribution in [0.15, 0.2) is 24.3 Å². The topological polar surface area (TPSA) is 0 Å². The van der Waals surface area contributed by atoms with Crippen LogP contribution in [0.3, 0.4) is 0 Å². The van der Waals surface area contributed by atoms with Crippen molar-refractivity contribution in [3.8, 4) is 0 Å². The average Bonchev–Trinajstić information content (AvgIpc) is 2.90. The summed E-state index contributed by atoms with van der Waals surface area (Å²) in [5, 5.41) is 4.59. The van der Waals surface area contributed by atoms with Crippen molar-refractivity contribution in [2.45, 2.75) is 65.2 Å². The molecule has 0 spiro atoms. The molecule has 1 aromatic rings. The third kappa shape index (κ3) is 4.45. The molecule has 1 radical (unpaired) electrons. The lowest BCUT2D eigenvalue weighted by Crippen LogP contribution is -2.23. The molecule has 1 aliphatic rings. The maximum Gasteiger partial charge on any atom is -0.0137 e. The Hall–Kier alpha value is -0.610. The fourth-order valence-electron chi connectivity index (χ4n) is 2.99. The molecule has 20 heavy (non-hydrogen) atoms. The van der Waals surface area contributed by atoms with E-state index in [0.717, 1.165) is 5.92 Å². The van der Waals surface area contributed by atoms with E-state index in [1.807, 2.05) is 0 Å². The Balaban J connectivity index is 1.74. The van der Waals surface area contributed by atoms with Gasteiger partial charge < -0.3 is 0 Å². The zero-order valence-corrected chi connectivity index (χ0v) is 14.0. The van der Waals surface area contributed by atoms with E-state index in [1.54, 1.807) is 5.31 Å². The largest absolute Gasteiger partial charge is 0.0654 e. The van der Waals surface area contributed by atoms with Gasteiger partial charge in [0.15, 0.2) is 0 Å². The summed E-state index contributed by atoms with van der Waals surface area (Å²) >= 11 is 0. The van der Waals surface area contributed by atoms with Crippen molar-refractivity contribution in [2.24, 2.45) is 5.92 Å². The number of rotatable bonds is 9. The number of hydrogen-bond acceptors (Lipinski definition) is 0. The predicted molar refractivity (Wildman–Crippen MR) is 92.3 cm³/mol. The molecule has 0 amide bonds. The highest BCUT2D eigenvalue weighted by atomic mass is 31.1. The predicted octanol–water partition coefficient (Wildman–Crippen LogP) is 5.27. The third-order valence-electron chi connectivity index (χ3n) is 4.29. The fraction of sp³-hybridized carbons (Fsp3) is 0.579. The highest BCUT2D eigenvalue weighted by Gasteiger charge is 2.13. The molecule has 1 aromatic carbocycles. The van der Waals surface area contributed by atoms with Gasteiger partial charge in [-0.25, -0.2) is 0 Å². The molecule has 0 saturated carbocycles. The summed E-state index contributed by atoms with van der Waals surface area (Å²) in [6.07, 6.45) is 11.3. The first-order chi connectivity index (χ1) is 9.83. The van der Waals surface area contributed by atoms with Crippen molar-refractivity contribution >= 4 is 19.7 Å². The maximum atomic E-state index is 2.41. The number of hydrogen-bond donors (Lipinski definition) is 0. The molecule has 0 N–H and O–H groups in total. The Morgan fingerprint density at radius 1 is 0.950 bits per heavy atom. The molecule has 0 nitrogen and oxygen atoms in total. The van der Waals surface area contributed by atoms with Crippen molar-refractivity contribution in [1.29, 1.82) is 0 Å². The van der Waals surface area contributed by atoms with Gasteiger partial charge in [0.1, 0.15) is 0 Å². The Kier molecular flexibility index (Phi) is 6.80. The van der Waals surface area contributed by atoms with Gasteiger partial charge in [-0.3, -0.25) is 0 Å². The summed E-state index contributed by atoms with van der Waals surface area (Å²) in [6.45, 7) is 4.70. The van der Waals surface area contributed by atoms with E-state index in [-0.39, 0.29) is 0 Å². The molecule has 1 heteroatoms. The van der Waals surface area contributed by atoms with Crippen molar-refractivity contribution in [3.05, 3.63) is 34.7 Å². The van der Waals surface area contributed by atoms with Crippen LogP contribution in [-0.4, -0.2) is 0 Å². The molecule has 0 aliphatic carbocycles. The lowest BCUT2D eigenvalue weighted by Gasteiger charge is -2.12. The minimum absolute atomic E-state index is 0.743. The molecule has 1 aliphatic heterocycles. The molecule has 109 valence electrons. The summed E-state index contributed by atoms with van der Waals surface area (Å²) in [5.74, 6) is 3.11. The van der Waals surface area contributed by atoms with Crippen LogP contribution >= 0.6 is 8.58 Å². The Morgan fingerprint density at radius 2 is 1.65 bits per heavy atom. The average molecular weight is 287 g/mol. The molecular formula is C19H28P. The van der Waals surface area contributed by atoms with Gasteiger partial charge in [-0.05, 0) is 42.5 Å². The molecule has 0 bridgehead atoms. The first-order valence-corrected chi connectivity index (χ1v) is 9.29. The van der Waals surface area contributed by atoms with Crippen LogP contribution in [0.2, 0.25) is 0 Å². The van der Waals surface area contributed by atoms with Gasteiger partial charge in [0, 0.05) is 0 Å². The van der Waals surface area contributed by atoms with Crippen LogP contribution in [-0.2, 0) is 0 Å². The lowest BCUT2D eigenvalue weighted by atomic mass is 10.00. The van der Waals surface area contributed by atoms with Crippen LogP contribution in [0.25, 0.3) is 11.1 Å². The highest BCUT2D eigenvalue weighted by molar-refractivity contribution is 7.58. The normalized spacial score (nSPS) is 16.2. The SMILES string of the molecule is CCCCCCCCCC(C)C1=c2ccccc2=C[P]1. The van der Waals surface area contributed by atoms with Gasteiger partial charge in [-0.15, -0.1) is 0 Å². The standard InChI is InChI=1S/C19H28P/c1-3-4-5-6-7-8-9-12-16(2)19-18-14-11-10-13-17(18)15-20-19/h10-11,13-16H,3-9,12H2,1-2H3. The highest BCUT2D eigenvalue weighted by Crippen LogP contribution is 2.36. The Bertz CT molecular complexity index is 515. The molecule has 1 unspecified atom stereocenters. The minimum Gasteiger partial charge on any atom is -0.0654 e. The summed E-state index contributed by atoms with van der Waals surface area (Å²) < 4.78 is 0. The minimum atomic E-state index is 0.743. The van der Waals surface area contributed by atoms with Gasteiger partial charge in [0.25, 0.3) is 0 Å². The number of unbranched alkanes of at least 4 members (excludes halogenated alkanes) is 6. The third-order valence-corrected chi connectivity index (χ3v) is 5.65. The van der Waals surface area contributed by atoms with Crippen LogP contribution in [0.1, 0.15) is 65.2 Å². The van der Waals surface area contributed by atoms with E-state index >= 15 is 0 Å². The Labute approximate surface area is 126 Å². The van der Waals surface area contributed by atoms with Crippen molar-refractivity contribution in [2.75, 3.05) is 0 Å². The van der Waals surface area contributed by atoms with Crippen LogP contribution in [0.4, 0.5) is 0 Å². The number of fused-ring (bicyclic) bond motifs is 1. The van der Waals surface area contributed by atoms with Crippen LogP contribution in [0, 0.1) is 5.92 Å². The monoisotopic (exact) mass is 287 g/mol. The number of benzene rings is 1. The molecule has 0 aromatic heterocycles. The van der Waals surface area contributed by atoms with Crippen molar-refractivity contribution in [3.63, 3.8) is 0 Å². The smallest absolute Gasteiger partial charge is 0.0137 e. The molecule has 1 atom stereocenters. The zero-order chi connectivity index (χ0) is 14.2. The zero-order valence-electron chi connectivity index (χ0n) is 13.1. The van der Waals surface area contributed by atoms with E-state index in [1.165, 1.54) is 70.4 Å². The fourth-order valence-corrected chi connectivity index (χ4v) is 4.22. The molecule has 0 fully saturated rings. The van der Waals surface area contributed by atoms with Crippen LogP contribution in [0.5, 0.6) is 0 Å². The lowest BCUT2D eigenvalue weighted by molar-refractivity contribution is 0.545. The Morgan fingerprint density at radius 3 is 2.45 bits per heavy atom. The molecule has 2 rings (SSSR count). The van der Waals surface area contributed by atoms with Crippen LogP contribution < -0.4 is 10.4 Å². The van der Waals surface area contributed by atoms with Gasteiger partial charge in [0.2, 0.25) is 0 Å². The van der Waals surface area contributed by atoms with Gasteiger partial charge in [-0.1, -0.05) is 83.1 Å². The van der Waals surface area contributed by atoms with Gasteiger partial charge in [0.05, 0.1) is 0 Å². The first-order valence-electron chi connectivity index (χ1n) is 8.33. The van der Waals surface area contributed by atoms with Gasteiger partial charge in [-0.2, -0.15) is 0 Å². The second kappa shape index (κ2) is 8.63. The first kappa shape index (κ1) is 15.8.